The minimum absolute atomic E-state index is 0.153. The predicted molar refractivity (Wildman–Crippen MR) is 76.7 cm³/mol. The molecule has 0 bridgehead atoms. The van der Waals surface area contributed by atoms with Crippen LogP contribution in [0.2, 0.25) is 0 Å². The number of hydrogen-bond acceptors (Lipinski definition) is 4. The van der Waals surface area contributed by atoms with Crippen molar-refractivity contribution < 1.29 is 9.72 Å². The minimum atomic E-state index is -0.547. The number of H-pyrrole nitrogens is 1. The number of nitro benzene ring substituents is 1. The third-order valence-corrected chi connectivity index (χ3v) is 3.59. The molecule has 0 aliphatic heterocycles. The first-order valence-corrected chi connectivity index (χ1v) is 6.60. The van der Waals surface area contributed by atoms with Crippen molar-refractivity contribution in [3.05, 3.63) is 50.1 Å². The quantitative estimate of drug-likeness (QED) is 0.660. The van der Waals surface area contributed by atoms with Gasteiger partial charge >= 0.3 is 0 Å². The number of carbonyl (C=O) groups excluding carboxylic acids is 1. The molecule has 7 nitrogen and oxygen atoms in total. The summed E-state index contributed by atoms with van der Waals surface area (Å²) in [6.45, 7) is 1.93. The second kappa shape index (κ2) is 5.83. The molecule has 0 unspecified atom stereocenters. The van der Waals surface area contributed by atoms with Gasteiger partial charge in [0, 0.05) is 11.6 Å². The number of benzene rings is 1. The van der Waals surface area contributed by atoms with E-state index in [1.165, 1.54) is 18.2 Å². The Hall–Kier alpha value is -2.22. The Labute approximate surface area is 122 Å². The van der Waals surface area contributed by atoms with Crippen LogP contribution in [0.25, 0.3) is 0 Å². The molecule has 0 atom stereocenters. The maximum atomic E-state index is 12.2. The molecule has 20 heavy (non-hydrogen) atoms. The van der Waals surface area contributed by atoms with Gasteiger partial charge in [-0.05, 0) is 28.4 Å². The number of aryl methyl sites for hydroxylation is 1. The van der Waals surface area contributed by atoms with E-state index in [4.69, 9.17) is 0 Å². The lowest BCUT2D eigenvalue weighted by atomic mass is 10.2. The summed E-state index contributed by atoms with van der Waals surface area (Å²) in [5.41, 5.74) is 0.897. The van der Waals surface area contributed by atoms with E-state index >= 15 is 0 Å². The van der Waals surface area contributed by atoms with E-state index in [2.05, 4.69) is 31.4 Å². The van der Waals surface area contributed by atoms with E-state index < -0.39 is 10.8 Å². The summed E-state index contributed by atoms with van der Waals surface area (Å²) in [6, 6.07) is 4.30. The van der Waals surface area contributed by atoms with Gasteiger partial charge < -0.3 is 5.32 Å². The maximum absolute atomic E-state index is 12.2. The predicted octanol–water partition coefficient (Wildman–Crippen LogP) is 2.90. The molecule has 1 amide bonds. The lowest BCUT2D eigenvalue weighted by Gasteiger charge is -2.06. The SMILES string of the molecule is CCc1cn[nH]c1NC(=O)c1cccc([N+](=O)[O-])c1Br. The van der Waals surface area contributed by atoms with Crippen molar-refractivity contribution in [2.24, 2.45) is 0 Å². The Morgan fingerprint density at radius 2 is 2.30 bits per heavy atom. The van der Waals surface area contributed by atoms with Crippen LogP contribution in [0.4, 0.5) is 11.5 Å². The number of nitrogens with zero attached hydrogens (tertiary/aromatic N) is 2. The number of aromatic amines is 1. The Morgan fingerprint density at radius 1 is 1.55 bits per heavy atom. The van der Waals surface area contributed by atoms with Crippen molar-refractivity contribution in [2.75, 3.05) is 5.32 Å². The molecule has 2 N–H and O–H groups in total. The fourth-order valence-corrected chi connectivity index (χ4v) is 2.29. The van der Waals surface area contributed by atoms with Crippen LogP contribution < -0.4 is 5.32 Å². The highest BCUT2D eigenvalue weighted by molar-refractivity contribution is 9.10. The average Bonchev–Trinajstić information content (AvgIpc) is 2.85. The van der Waals surface area contributed by atoms with E-state index in [0.29, 0.717) is 12.2 Å². The number of carbonyl (C=O) groups is 1. The zero-order chi connectivity index (χ0) is 14.7. The maximum Gasteiger partial charge on any atom is 0.284 e. The van der Waals surface area contributed by atoms with E-state index in [1.54, 1.807) is 6.20 Å². The van der Waals surface area contributed by atoms with Crippen LogP contribution in [0, 0.1) is 10.1 Å². The minimum Gasteiger partial charge on any atom is -0.307 e. The second-order valence-corrected chi connectivity index (χ2v) is 4.77. The number of halogens is 1. The van der Waals surface area contributed by atoms with Gasteiger partial charge in [0.05, 0.1) is 16.7 Å². The molecule has 8 heteroatoms. The van der Waals surface area contributed by atoms with Crippen molar-refractivity contribution in [1.29, 1.82) is 0 Å². The van der Waals surface area contributed by atoms with Crippen molar-refractivity contribution >= 4 is 33.3 Å². The smallest absolute Gasteiger partial charge is 0.284 e. The fourth-order valence-electron chi connectivity index (χ4n) is 1.70. The fraction of sp³-hybridized carbons (Fsp3) is 0.167. The number of rotatable bonds is 4. The topological polar surface area (TPSA) is 101 Å². The van der Waals surface area contributed by atoms with E-state index in [1.807, 2.05) is 6.92 Å². The molecule has 0 radical (unpaired) electrons. The van der Waals surface area contributed by atoms with Gasteiger partial charge in [0.25, 0.3) is 11.6 Å². The first kappa shape index (κ1) is 14.2. The van der Waals surface area contributed by atoms with Gasteiger partial charge in [-0.3, -0.25) is 20.0 Å². The van der Waals surface area contributed by atoms with Crippen LogP contribution in [-0.2, 0) is 6.42 Å². The molecule has 1 heterocycles. The number of hydrogen-bond donors (Lipinski definition) is 2. The van der Waals surface area contributed by atoms with Gasteiger partial charge in [-0.2, -0.15) is 5.10 Å². The van der Waals surface area contributed by atoms with E-state index in [0.717, 1.165) is 5.56 Å². The molecule has 2 rings (SSSR count). The van der Waals surface area contributed by atoms with E-state index in [9.17, 15) is 14.9 Å². The molecular weight excluding hydrogens is 328 g/mol. The van der Waals surface area contributed by atoms with Crippen LogP contribution >= 0.6 is 15.9 Å². The van der Waals surface area contributed by atoms with Crippen LogP contribution in [0.1, 0.15) is 22.8 Å². The lowest BCUT2D eigenvalue weighted by molar-refractivity contribution is -0.385. The number of anilines is 1. The van der Waals surface area contributed by atoms with Crippen molar-refractivity contribution in [3.63, 3.8) is 0 Å². The van der Waals surface area contributed by atoms with Gasteiger partial charge in [-0.25, -0.2) is 0 Å². The van der Waals surface area contributed by atoms with Crippen molar-refractivity contribution in [2.45, 2.75) is 13.3 Å². The third kappa shape index (κ3) is 2.69. The summed E-state index contributed by atoms with van der Waals surface area (Å²) < 4.78 is 0.153. The summed E-state index contributed by atoms with van der Waals surface area (Å²) in [4.78, 5) is 22.5. The highest BCUT2D eigenvalue weighted by Gasteiger charge is 2.20. The Balaban J connectivity index is 2.30. The zero-order valence-corrected chi connectivity index (χ0v) is 12.1. The number of aromatic nitrogens is 2. The highest BCUT2D eigenvalue weighted by atomic mass is 79.9. The Morgan fingerprint density at radius 3 is 2.95 bits per heavy atom. The molecule has 2 aromatic rings. The third-order valence-electron chi connectivity index (χ3n) is 2.76. The molecular formula is C12H11BrN4O3. The second-order valence-electron chi connectivity index (χ2n) is 3.97. The zero-order valence-electron chi connectivity index (χ0n) is 10.5. The molecule has 1 aromatic carbocycles. The van der Waals surface area contributed by atoms with Crippen LogP contribution in [0.15, 0.2) is 28.9 Å². The number of amides is 1. The summed E-state index contributed by atoms with van der Waals surface area (Å²) in [7, 11) is 0. The first-order valence-electron chi connectivity index (χ1n) is 5.81. The molecule has 0 aliphatic rings. The highest BCUT2D eigenvalue weighted by Crippen LogP contribution is 2.28. The summed E-state index contributed by atoms with van der Waals surface area (Å²) >= 11 is 3.09. The van der Waals surface area contributed by atoms with Crippen LogP contribution in [-0.4, -0.2) is 21.0 Å². The molecule has 0 aliphatic carbocycles. The monoisotopic (exact) mass is 338 g/mol. The Bertz CT molecular complexity index is 668. The summed E-state index contributed by atoms with van der Waals surface area (Å²) in [5, 5.41) is 20.0. The average molecular weight is 339 g/mol. The van der Waals surface area contributed by atoms with Crippen molar-refractivity contribution in [3.8, 4) is 0 Å². The van der Waals surface area contributed by atoms with Gasteiger partial charge in [0.15, 0.2) is 0 Å². The van der Waals surface area contributed by atoms with Crippen LogP contribution in [0.3, 0.4) is 0 Å². The summed E-state index contributed by atoms with van der Waals surface area (Å²) in [6.07, 6.45) is 2.33. The molecule has 104 valence electrons. The molecule has 1 aromatic heterocycles. The van der Waals surface area contributed by atoms with Gasteiger partial charge in [-0.15, -0.1) is 0 Å². The Kier molecular flexibility index (Phi) is 4.14. The van der Waals surface area contributed by atoms with Crippen LogP contribution in [0.5, 0.6) is 0 Å². The molecule has 0 fully saturated rings. The van der Waals surface area contributed by atoms with Gasteiger partial charge in [0.2, 0.25) is 0 Å². The molecule has 0 saturated carbocycles. The normalized spacial score (nSPS) is 10.3. The first-order chi connectivity index (χ1) is 9.54. The number of nitro groups is 1. The molecule has 0 saturated heterocycles. The van der Waals surface area contributed by atoms with E-state index in [-0.39, 0.29) is 15.7 Å². The molecule has 0 spiro atoms. The number of nitrogens with one attached hydrogen (secondary N) is 2. The standard InChI is InChI=1S/C12H11BrN4O3/c1-2-7-6-14-16-11(7)15-12(18)8-4-3-5-9(10(8)13)17(19)20/h3-6H,2H2,1H3,(H2,14,15,16,18). The van der Waals surface area contributed by atoms with Crippen molar-refractivity contribution in [1.82, 2.24) is 10.2 Å². The lowest BCUT2D eigenvalue weighted by Crippen LogP contribution is -2.14. The van der Waals surface area contributed by atoms with Gasteiger partial charge in [-0.1, -0.05) is 13.0 Å². The largest absolute Gasteiger partial charge is 0.307 e. The summed E-state index contributed by atoms with van der Waals surface area (Å²) in [5.74, 6) is 0.0513. The van der Waals surface area contributed by atoms with Gasteiger partial charge in [0.1, 0.15) is 10.3 Å².